The van der Waals surface area contributed by atoms with E-state index in [1.807, 2.05) is 24.0 Å². The van der Waals surface area contributed by atoms with Crippen molar-refractivity contribution < 1.29 is 4.79 Å². The van der Waals surface area contributed by atoms with Crippen LogP contribution in [0.1, 0.15) is 51.1 Å². The van der Waals surface area contributed by atoms with Crippen LogP contribution in [0, 0.1) is 18.3 Å². The number of rotatable bonds is 1. The molecule has 22 heavy (non-hydrogen) atoms. The number of aromatic nitrogens is 1. The van der Waals surface area contributed by atoms with Crippen molar-refractivity contribution >= 4 is 11.7 Å². The van der Waals surface area contributed by atoms with Crippen LogP contribution in [0.4, 0.5) is 10.5 Å². The number of piperidine rings is 1. The van der Waals surface area contributed by atoms with Gasteiger partial charge in [0.1, 0.15) is 0 Å². The predicted octanol–water partition coefficient (Wildman–Crippen LogP) is 4.21. The monoisotopic (exact) mass is 301 g/mol. The molecule has 0 aromatic carbocycles. The van der Waals surface area contributed by atoms with E-state index in [0.717, 1.165) is 36.8 Å². The highest BCUT2D eigenvalue weighted by Gasteiger charge is 2.42. The predicted molar refractivity (Wildman–Crippen MR) is 88.9 cm³/mol. The molecule has 1 N–H and O–H groups in total. The first-order chi connectivity index (χ1) is 10.6. The van der Waals surface area contributed by atoms with Gasteiger partial charge in [0.15, 0.2) is 0 Å². The van der Waals surface area contributed by atoms with E-state index in [1.165, 1.54) is 32.1 Å². The molecule has 3 rings (SSSR count). The molecule has 2 aliphatic rings. The minimum absolute atomic E-state index is 0.0301. The molecule has 1 atom stereocenters. The fourth-order valence-corrected chi connectivity index (χ4v) is 4.10. The molecule has 4 nitrogen and oxygen atoms in total. The number of nitrogens with one attached hydrogen (secondary N) is 1. The van der Waals surface area contributed by atoms with Crippen molar-refractivity contribution in [1.29, 1.82) is 0 Å². The largest absolute Gasteiger partial charge is 0.324 e. The molecule has 0 bridgehead atoms. The number of likely N-dealkylation sites (tertiary alicyclic amines) is 1. The third-order valence-corrected chi connectivity index (χ3v) is 5.68. The second kappa shape index (κ2) is 6.27. The van der Waals surface area contributed by atoms with Crippen LogP contribution in [0.3, 0.4) is 0 Å². The number of anilines is 1. The standard InChI is InChI=1S/C18H27N3O/c1-14-8-11-21(13-18(14)9-4-3-5-10-18)17(22)20-16-7-6-15(2)19-12-16/h6-7,12,14H,3-5,8-11,13H2,1-2H3,(H,20,22). The number of carbonyl (C=O) groups is 1. The first kappa shape index (κ1) is 15.3. The van der Waals surface area contributed by atoms with Crippen molar-refractivity contribution in [2.24, 2.45) is 11.3 Å². The highest BCUT2D eigenvalue weighted by molar-refractivity contribution is 5.89. The molecule has 1 saturated heterocycles. The molecule has 2 heterocycles. The minimum atomic E-state index is 0.0301. The summed E-state index contributed by atoms with van der Waals surface area (Å²) < 4.78 is 0. The van der Waals surface area contributed by atoms with Gasteiger partial charge in [-0.1, -0.05) is 26.2 Å². The molecule has 1 aliphatic heterocycles. The van der Waals surface area contributed by atoms with E-state index in [-0.39, 0.29) is 6.03 Å². The van der Waals surface area contributed by atoms with Gasteiger partial charge in [-0.05, 0) is 49.7 Å². The van der Waals surface area contributed by atoms with E-state index in [2.05, 4.69) is 17.2 Å². The Labute approximate surface area is 133 Å². The van der Waals surface area contributed by atoms with Gasteiger partial charge in [0, 0.05) is 18.8 Å². The second-order valence-corrected chi connectivity index (χ2v) is 7.15. The quantitative estimate of drug-likeness (QED) is 0.844. The van der Waals surface area contributed by atoms with Crippen LogP contribution < -0.4 is 5.32 Å². The number of hydrogen-bond acceptors (Lipinski definition) is 2. The Balaban J connectivity index is 1.66. The van der Waals surface area contributed by atoms with Gasteiger partial charge in [-0.25, -0.2) is 4.79 Å². The zero-order valence-electron chi connectivity index (χ0n) is 13.8. The smallest absolute Gasteiger partial charge is 0.321 e. The third kappa shape index (κ3) is 3.11. The van der Waals surface area contributed by atoms with E-state index in [4.69, 9.17) is 0 Å². The van der Waals surface area contributed by atoms with Gasteiger partial charge in [-0.3, -0.25) is 4.98 Å². The van der Waals surface area contributed by atoms with Gasteiger partial charge in [0.2, 0.25) is 0 Å². The Kier molecular flexibility index (Phi) is 4.37. The number of amides is 2. The summed E-state index contributed by atoms with van der Waals surface area (Å²) in [5, 5.41) is 3.00. The molecule has 2 fully saturated rings. The van der Waals surface area contributed by atoms with Crippen LogP contribution in [0.15, 0.2) is 18.3 Å². The van der Waals surface area contributed by atoms with Crippen LogP contribution in [0.5, 0.6) is 0 Å². The van der Waals surface area contributed by atoms with Crippen LogP contribution in [-0.2, 0) is 0 Å². The van der Waals surface area contributed by atoms with E-state index in [9.17, 15) is 4.79 Å². The highest BCUT2D eigenvalue weighted by atomic mass is 16.2. The zero-order chi connectivity index (χ0) is 15.6. The van der Waals surface area contributed by atoms with Crippen molar-refractivity contribution in [3.63, 3.8) is 0 Å². The normalized spacial score (nSPS) is 24.3. The lowest BCUT2D eigenvalue weighted by Crippen LogP contribution is -2.52. The maximum absolute atomic E-state index is 12.6. The van der Waals surface area contributed by atoms with Crippen molar-refractivity contribution in [2.45, 2.75) is 52.4 Å². The molecule has 1 aliphatic carbocycles. The van der Waals surface area contributed by atoms with Gasteiger partial charge < -0.3 is 10.2 Å². The van der Waals surface area contributed by atoms with Crippen molar-refractivity contribution in [2.75, 3.05) is 18.4 Å². The van der Waals surface area contributed by atoms with E-state index < -0.39 is 0 Å². The highest BCUT2D eigenvalue weighted by Crippen LogP contribution is 2.46. The third-order valence-electron chi connectivity index (χ3n) is 5.68. The summed E-state index contributed by atoms with van der Waals surface area (Å²) in [7, 11) is 0. The Morgan fingerprint density at radius 3 is 2.77 bits per heavy atom. The Hall–Kier alpha value is -1.58. The van der Waals surface area contributed by atoms with Crippen molar-refractivity contribution in [3.05, 3.63) is 24.0 Å². The van der Waals surface area contributed by atoms with Crippen LogP contribution >= 0.6 is 0 Å². The lowest BCUT2D eigenvalue weighted by atomic mass is 9.63. The topological polar surface area (TPSA) is 45.2 Å². The van der Waals surface area contributed by atoms with Gasteiger partial charge in [-0.2, -0.15) is 0 Å². The van der Waals surface area contributed by atoms with Gasteiger partial charge >= 0.3 is 6.03 Å². The summed E-state index contributed by atoms with van der Waals surface area (Å²) in [6, 6.07) is 3.88. The number of urea groups is 1. The fraction of sp³-hybridized carbons (Fsp3) is 0.667. The van der Waals surface area contributed by atoms with Gasteiger partial charge in [0.05, 0.1) is 11.9 Å². The maximum atomic E-state index is 12.6. The van der Waals surface area contributed by atoms with Crippen molar-refractivity contribution in [1.82, 2.24) is 9.88 Å². The van der Waals surface area contributed by atoms with Gasteiger partial charge in [-0.15, -0.1) is 0 Å². The summed E-state index contributed by atoms with van der Waals surface area (Å²) in [5.74, 6) is 0.734. The molecule has 1 saturated carbocycles. The molecule has 1 aromatic heterocycles. The average Bonchev–Trinajstić information content (AvgIpc) is 2.53. The van der Waals surface area contributed by atoms with E-state index in [0.29, 0.717) is 5.41 Å². The van der Waals surface area contributed by atoms with Crippen LogP contribution in [0.25, 0.3) is 0 Å². The van der Waals surface area contributed by atoms with Gasteiger partial charge in [0.25, 0.3) is 0 Å². The van der Waals surface area contributed by atoms with E-state index >= 15 is 0 Å². The second-order valence-electron chi connectivity index (χ2n) is 7.15. The molecule has 4 heteroatoms. The molecule has 1 unspecified atom stereocenters. The van der Waals surface area contributed by atoms with Crippen molar-refractivity contribution in [3.8, 4) is 0 Å². The lowest BCUT2D eigenvalue weighted by molar-refractivity contribution is 0.0237. The number of carbonyl (C=O) groups excluding carboxylic acids is 1. The summed E-state index contributed by atoms with van der Waals surface area (Å²) >= 11 is 0. The Bertz CT molecular complexity index is 520. The summed E-state index contributed by atoms with van der Waals surface area (Å²) in [5.41, 5.74) is 2.11. The molecule has 2 amide bonds. The fourth-order valence-electron chi connectivity index (χ4n) is 4.10. The summed E-state index contributed by atoms with van der Waals surface area (Å²) in [4.78, 5) is 18.8. The molecular weight excluding hydrogens is 274 g/mol. The Morgan fingerprint density at radius 2 is 2.09 bits per heavy atom. The molecule has 120 valence electrons. The number of nitrogens with zero attached hydrogens (tertiary/aromatic N) is 2. The maximum Gasteiger partial charge on any atom is 0.321 e. The SMILES string of the molecule is Cc1ccc(NC(=O)N2CCC(C)C3(CCCCC3)C2)cn1. The first-order valence-electron chi connectivity index (χ1n) is 8.58. The lowest BCUT2D eigenvalue weighted by Gasteiger charge is -2.49. The molecule has 1 spiro atoms. The molecule has 1 aromatic rings. The van der Waals surface area contributed by atoms with E-state index in [1.54, 1.807) is 6.20 Å². The number of hydrogen-bond donors (Lipinski definition) is 1. The van der Waals surface area contributed by atoms with Crippen LogP contribution in [0.2, 0.25) is 0 Å². The van der Waals surface area contributed by atoms with Crippen LogP contribution in [-0.4, -0.2) is 29.0 Å². The average molecular weight is 301 g/mol. The molecule has 0 radical (unpaired) electrons. The first-order valence-corrected chi connectivity index (χ1v) is 8.58. The molecular formula is C18H27N3O. The minimum Gasteiger partial charge on any atom is -0.324 e. The Morgan fingerprint density at radius 1 is 1.32 bits per heavy atom. The summed E-state index contributed by atoms with van der Waals surface area (Å²) in [6.07, 6.45) is 9.42. The zero-order valence-corrected chi connectivity index (χ0v) is 13.8. The summed E-state index contributed by atoms with van der Waals surface area (Å²) in [6.45, 7) is 6.11. The number of aryl methyl sites for hydroxylation is 1. The number of pyridine rings is 1.